The monoisotopic (exact) mass is 272 g/mol. The predicted molar refractivity (Wildman–Crippen MR) is 74.3 cm³/mol. The maximum Gasteiger partial charge on any atom is 0.131 e. The predicted octanol–water partition coefficient (Wildman–Crippen LogP) is 0.680. The molecule has 20 heavy (non-hydrogen) atoms. The van der Waals surface area contributed by atoms with Crippen LogP contribution in [0.5, 0.6) is 5.75 Å². The van der Waals surface area contributed by atoms with Gasteiger partial charge in [0.15, 0.2) is 0 Å². The summed E-state index contributed by atoms with van der Waals surface area (Å²) in [6.07, 6.45) is 1.83. The maximum atomic E-state index is 5.53. The molecule has 7 heteroatoms. The lowest BCUT2D eigenvalue weighted by molar-refractivity contribution is 0.415. The van der Waals surface area contributed by atoms with Crippen molar-refractivity contribution in [1.29, 1.82) is 0 Å². The molecule has 2 N–H and O–H groups in total. The Labute approximate surface area is 116 Å². The lowest BCUT2D eigenvalue weighted by atomic mass is 10.3. The molecule has 0 atom stereocenters. The van der Waals surface area contributed by atoms with Crippen molar-refractivity contribution in [1.82, 2.24) is 24.5 Å². The van der Waals surface area contributed by atoms with Crippen LogP contribution in [0.25, 0.3) is 11.0 Å². The molecule has 0 aliphatic heterocycles. The topological polar surface area (TPSA) is 83.8 Å². The number of benzene rings is 1. The molecule has 104 valence electrons. The molecule has 0 fully saturated rings. The lowest BCUT2D eigenvalue weighted by Gasteiger charge is -2.02. The molecule has 0 aliphatic rings. The number of aromatic nitrogens is 5. The second kappa shape index (κ2) is 4.93. The van der Waals surface area contributed by atoms with Gasteiger partial charge in [0.25, 0.3) is 0 Å². The molecule has 0 bridgehead atoms. The fourth-order valence-corrected chi connectivity index (χ4v) is 2.15. The normalized spacial score (nSPS) is 11.2. The summed E-state index contributed by atoms with van der Waals surface area (Å²) in [5, 5.41) is 8.01. The number of rotatable bonds is 4. The number of imidazole rings is 1. The van der Waals surface area contributed by atoms with Crippen LogP contribution in [0, 0.1) is 0 Å². The van der Waals surface area contributed by atoms with Gasteiger partial charge in [0, 0.05) is 19.7 Å². The Morgan fingerprint density at radius 1 is 1.35 bits per heavy atom. The van der Waals surface area contributed by atoms with E-state index in [2.05, 4.69) is 15.3 Å². The van der Waals surface area contributed by atoms with Gasteiger partial charge in [-0.3, -0.25) is 0 Å². The minimum atomic E-state index is 0.389. The number of nitrogens with two attached hydrogens (primary N) is 1. The van der Waals surface area contributed by atoms with Crippen molar-refractivity contribution >= 4 is 11.0 Å². The summed E-state index contributed by atoms with van der Waals surface area (Å²) < 4.78 is 8.99. The van der Waals surface area contributed by atoms with E-state index in [-0.39, 0.29) is 0 Å². The van der Waals surface area contributed by atoms with E-state index < -0.39 is 0 Å². The summed E-state index contributed by atoms with van der Waals surface area (Å²) in [6.45, 7) is 0.945. The zero-order valence-corrected chi connectivity index (χ0v) is 11.4. The average Bonchev–Trinajstić information content (AvgIpc) is 3.04. The molecule has 3 rings (SSSR count). The van der Waals surface area contributed by atoms with Crippen molar-refractivity contribution in [3.63, 3.8) is 0 Å². The number of ether oxygens (including phenoxy) is 1. The summed E-state index contributed by atoms with van der Waals surface area (Å²) in [4.78, 5) is 4.61. The molecule has 0 saturated carbocycles. The van der Waals surface area contributed by atoms with Gasteiger partial charge in [0.1, 0.15) is 18.1 Å². The summed E-state index contributed by atoms with van der Waals surface area (Å²) in [6, 6.07) is 5.85. The van der Waals surface area contributed by atoms with Gasteiger partial charge in [-0.05, 0) is 12.1 Å². The second-order valence-electron chi connectivity index (χ2n) is 4.55. The second-order valence-corrected chi connectivity index (χ2v) is 4.55. The van der Waals surface area contributed by atoms with E-state index in [1.165, 1.54) is 0 Å². The Hall–Kier alpha value is -2.41. The summed E-state index contributed by atoms with van der Waals surface area (Å²) in [5.74, 6) is 1.70. The van der Waals surface area contributed by atoms with E-state index in [1.807, 2.05) is 36.0 Å². The molecule has 1 aromatic carbocycles. The summed E-state index contributed by atoms with van der Waals surface area (Å²) in [7, 11) is 3.63. The number of aryl methyl sites for hydroxylation is 1. The SMILES string of the molecule is COc1ccc2c(c1)nc(Cn1cc(CN)nn1)n2C. The zero-order chi connectivity index (χ0) is 14.1. The van der Waals surface area contributed by atoms with Crippen molar-refractivity contribution in [2.24, 2.45) is 12.8 Å². The van der Waals surface area contributed by atoms with Crippen LogP contribution in [0.3, 0.4) is 0 Å². The Morgan fingerprint density at radius 2 is 2.20 bits per heavy atom. The quantitative estimate of drug-likeness (QED) is 0.755. The highest BCUT2D eigenvalue weighted by Gasteiger charge is 2.10. The van der Waals surface area contributed by atoms with Gasteiger partial charge in [-0.1, -0.05) is 5.21 Å². The Morgan fingerprint density at radius 3 is 2.90 bits per heavy atom. The first-order valence-corrected chi connectivity index (χ1v) is 6.29. The van der Waals surface area contributed by atoms with Gasteiger partial charge >= 0.3 is 0 Å². The van der Waals surface area contributed by atoms with Crippen LogP contribution in [0.1, 0.15) is 11.5 Å². The first-order chi connectivity index (χ1) is 9.71. The van der Waals surface area contributed by atoms with Crippen LogP contribution in [0.2, 0.25) is 0 Å². The van der Waals surface area contributed by atoms with Crippen LogP contribution >= 0.6 is 0 Å². The van der Waals surface area contributed by atoms with Gasteiger partial charge < -0.3 is 15.0 Å². The van der Waals surface area contributed by atoms with E-state index in [9.17, 15) is 0 Å². The highest BCUT2D eigenvalue weighted by molar-refractivity contribution is 5.77. The first-order valence-electron chi connectivity index (χ1n) is 6.29. The molecule has 0 saturated heterocycles. The molecule has 3 aromatic rings. The van der Waals surface area contributed by atoms with Crippen molar-refractivity contribution in [3.05, 3.63) is 35.9 Å². The molecular formula is C13H16N6O. The van der Waals surface area contributed by atoms with Crippen LogP contribution in [-0.2, 0) is 20.1 Å². The van der Waals surface area contributed by atoms with Crippen molar-refractivity contribution in [3.8, 4) is 5.75 Å². The Balaban J connectivity index is 1.96. The molecule has 0 amide bonds. The maximum absolute atomic E-state index is 5.53. The minimum absolute atomic E-state index is 0.389. The van der Waals surface area contributed by atoms with Gasteiger partial charge in [0.2, 0.25) is 0 Å². The third-order valence-corrected chi connectivity index (χ3v) is 3.28. The van der Waals surface area contributed by atoms with E-state index in [0.29, 0.717) is 13.1 Å². The highest BCUT2D eigenvalue weighted by atomic mass is 16.5. The molecule has 7 nitrogen and oxygen atoms in total. The molecule has 0 aliphatic carbocycles. The van der Waals surface area contributed by atoms with E-state index >= 15 is 0 Å². The van der Waals surface area contributed by atoms with Gasteiger partial charge in [-0.15, -0.1) is 5.10 Å². The van der Waals surface area contributed by atoms with Crippen LogP contribution in [-0.4, -0.2) is 31.7 Å². The summed E-state index contributed by atoms with van der Waals surface area (Å²) in [5.41, 5.74) is 8.26. The van der Waals surface area contributed by atoms with Crippen molar-refractivity contribution < 1.29 is 4.74 Å². The number of hydrogen-bond donors (Lipinski definition) is 1. The number of hydrogen-bond acceptors (Lipinski definition) is 5. The molecule has 2 heterocycles. The number of methoxy groups -OCH3 is 1. The standard InChI is InChI=1S/C13H16N6O/c1-18-12-4-3-10(20-2)5-11(12)15-13(18)8-19-7-9(6-14)16-17-19/h3-5,7H,6,8,14H2,1-2H3. The first kappa shape index (κ1) is 12.6. The fourth-order valence-electron chi connectivity index (χ4n) is 2.15. The van der Waals surface area contributed by atoms with E-state index in [4.69, 9.17) is 10.5 Å². The van der Waals surface area contributed by atoms with Gasteiger partial charge in [0.05, 0.1) is 30.0 Å². The third-order valence-electron chi connectivity index (χ3n) is 3.28. The van der Waals surface area contributed by atoms with Crippen LogP contribution in [0.4, 0.5) is 0 Å². The van der Waals surface area contributed by atoms with E-state index in [0.717, 1.165) is 28.3 Å². The minimum Gasteiger partial charge on any atom is -0.497 e. The average molecular weight is 272 g/mol. The third kappa shape index (κ3) is 2.12. The van der Waals surface area contributed by atoms with Gasteiger partial charge in [-0.25, -0.2) is 9.67 Å². The lowest BCUT2D eigenvalue weighted by Crippen LogP contribution is -2.06. The number of nitrogens with zero attached hydrogens (tertiary/aromatic N) is 5. The fraction of sp³-hybridized carbons (Fsp3) is 0.308. The Bertz CT molecular complexity index is 744. The van der Waals surface area contributed by atoms with Crippen molar-refractivity contribution in [2.75, 3.05) is 7.11 Å². The molecule has 0 unspecified atom stereocenters. The van der Waals surface area contributed by atoms with Gasteiger partial charge in [-0.2, -0.15) is 0 Å². The smallest absolute Gasteiger partial charge is 0.131 e. The Kier molecular flexibility index (Phi) is 3.11. The largest absolute Gasteiger partial charge is 0.497 e. The highest BCUT2D eigenvalue weighted by Crippen LogP contribution is 2.21. The molecular weight excluding hydrogens is 256 g/mol. The molecule has 0 radical (unpaired) electrons. The zero-order valence-electron chi connectivity index (χ0n) is 11.4. The van der Waals surface area contributed by atoms with E-state index in [1.54, 1.807) is 11.8 Å². The van der Waals surface area contributed by atoms with Crippen LogP contribution < -0.4 is 10.5 Å². The molecule has 2 aromatic heterocycles. The van der Waals surface area contributed by atoms with Crippen LogP contribution in [0.15, 0.2) is 24.4 Å². The summed E-state index contributed by atoms with van der Waals surface area (Å²) >= 11 is 0. The molecule has 0 spiro atoms. The number of fused-ring (bicyclic) bond motifs is 1. The van der Waals surface area contributed by atoms with Crippen molar-refractivity contribution in [2.45, 2.75) is 13.1 Å².